The molecule has 0 amide bonds. The summed E-state index contributed by atoms with van der Waals surface area (Å²) in [5.41, 5.74) is 0. The Morgan fingerprint density at radius 1 is 1.60 bits per heavy atom. The molecule has 2 atom stereocenters. The molecule has 0 saturated heterocycles. The van der Waals surface area contributed by atoms with Crippen molar-refractivity contribution in [1.29, 1.82) is 0 Å². The van der Waals surface area contributed by atoms with E-state index in [4.69, 9.17) is 4.74 Å². The molecule has 2 N–H and O–H groups in total. The van der Waals surface area contributed by atoms with Crippen molar-refractivity contribution in [3.05, 3.63) is 0 Å². The Kier molecular flexibility index (Phi) is 5.05. The molecule has 0 aromatic heterocycles. The standard InChI is InChI=1S/C11H21NO3/c1-3-9(13)6-7-12-10(8-4-5-8)11(14)15-2/h8-10,12-13H,3-7H2,1-2H3. The van der Waals surface area contributed by atoms with Crippen LogP contribution in [0.4, 0.5) is 0 Å². The lowest BCUT2D eigenvalue weighted by molar-refractivity contribution is -0.143. The number of esters is 1. The fraction of sp³-hybridized carbons (Fsp3) is 0.909. The van der Waals surface area contributed by atoms with Crippen LogP contribution < -0.4 is 5.32 Å². The molecule has 1 aliphatic rings. The van der Waals surface area contributed by atoms with Gasteiger partial charge in [0.15, 0.2) is 0 Å². The van der Waals surface area contributed by atoms with Gasteiger partial charge in [0.25, 0.3) is 0 Å². The highest BCUT2D eigenvalue weighted by atomic mass is 16.5. The molecule has 0 radical (unpaired) electrons. The Morgan fingerprint density at radius 3 is 2.73 bits per heavy atom. The van der Waals surface area contributed by atoms with Gasteiger partial charge in [0.2, 0.25) is 0 Å². The minimum absolute atomic E-state index is 0.168. The molecule has 88 valence electrons. The number of nitrogens with one attached hydrogen (secondary N) is 1. The molecule has 0 heterocycles. The zero-order chi connectivity index (χ0) is 11.3. The van der Waals surface area contributed by atoms with Gasteiger partial charge < -0.3 is 15.2 Å². The lowest BCUT2D eigenvalue weighted by Gasteiger charge is -2.16. The number of rotatable bonds is 7. The van der Waals surface area contributed by atoms with Crippen LogP contribution in [-0.2, 0) is 9.53 Å². The number of aliphatic hydroxyl groups excluding tert-OH is 1. The van der Waals surface area contributed by atoms with Crippen LogP contribution in [0.2, 0.25) is 0 Å². The Hall–Kier alpha value is -0.610. The third-order valence-corrected chi connectivity index (χ3v) is 2.86. The monoisotopic (exact) mass is 215 g/mol. The molecule has 4 nitrogen and oxygen atoms in total. The summed E-state index contributed by atoms with van der Waals surface area (Å²) in [6.45, 7) is 2.62. The molecule has 2 unspecified atom stereocenters. The minimum atomic E-state index is -0.269. The van der Waals surface area contributed by atoms with E-state index >= 15 is 0 Å². The van der Waals surface area contributed by atoms with Crippen LogP contribution in [-0.4, -0.2) is 36.9 Å². The molecule has 1 fully saturated rings. The summed E-state index contributed by atoms with van der Waals surface area (Å²) in [4.78, 5) is 11.4. The first-order valence-corrected chi connectivity index (χ1v) is 5.68. The molecular formula is C11H21NO3. The fourth-order valence-corrected chi connectivity index (χ4v) is 1.61. The molecule has 0 bridgehead atoms. The number of hydrogen-bond donors (Lipinski definition) is 2. The number of ether oxygens (including phenoxy) is 1. The third kappa shape index (κ3) is 4.18. The second-order valence-electron chi connectivity index (χ2n) is 4.14. The quantitative estimate of drug-likeness (QED) is 0.613. The van der Waals surface area contributed by atoms with Crippen LogP contribution >= 0.6 is 0 Å². The van der Waals surface area contributed by atoms with E-state index in [2.05, 4.69) is 5.32 Å². The molecule has 1 aliphatic carbocycles. The van der Waals surface area contributed by atoms with Crippen molar-refractivity contribution in [2.75, 3.05) is 13.7 Å². The zero-order valence-electron chi connectivity index (χ0n) is 9.53. The predicted molar refractivity (Wildman–Crippen MR) is 57.4 cm³/mol. The SMILES string of the molecule is CCC(O)CCNC(C(=O)OC)C1CC1. The lowest BCUT2D eigenvalue weighted by atomic mass is 10.1. The summed E-state index contributed by atoms with van der Waals surface area (Å²) >= 11 is 0. The van der Waals surface area contributed by atoms with E-state index in [0.717, 1.165) is 19.3 Å². The van der Waals surface area contributed by atoms with Gasteiger partial charge in [-0.25, -0.2) is 0 Å². The Balaban J connectivity index is 2.23. The van der Waals surface area contributed by atoms with E-state index < -0.39 is 0 Å². The van der Waals surface area contributed by atoms with Gasteiger partial charge in [0.1, 0.15) is 6.04 Å². The molecule has 4 heteroatoms. The van der Waals surface area contributed by atoms with Gasteiger partial charge in [-0.1, -0.05) is 6.92 Å². The van der Waals surface area contributed by atoms with Crippen molar-refractivity contribution in [2.24, 2.45) is 5.92 Å². The van der Waals surface area contributed by atoms with Crippen molar-refractivity contribution in [2.45, 2.75) is 44.8 Å². The molecule has 0 aromatic rings. The summed E-state index contributed by atoms with van der Waals surface area (Å²) in [7, 11) is 1.42. The summed E-state index contributed by atoms with van der Waals surface area (Å²) < 4.78 is 4.73. The van der Waals surface area contributed by atoms with Crippen molar-refractivity contribution in [3.63, 3.8) is 0 Å². The average molecular weight is 215 g/mol. The highest BCUT2D eigenvalue weighted by Gasteiger charge is 2.36. The molecule has 0 spiro atoms. The van der Waals surface area contributed by atoms with Crippen molar-refractivity contribution >= 4 is 5.97 Å². The van der Waals surface area contributed by atoms with E-state index in [0.29, 0.717) is 18.9 Å². The number of aliphatic hydroxyl groups is 1. The lowest BCUT2D eigenvalue weighted by Crippen LogP contribution is -2.40. The molecule has 0 aliphatic heterocycles. The van der Waals surface area contributed by atoms with Crippen LogP contribution in [0.3, 0.4) is 0 Å². The number of hydrogen-bond acceptors (Lipinski definition) is 4. The first-order valence-electron chi connectivity index (χ1n) is 5.68. The molecule has 15 heavy (non-hydrogen) atoms. The molecule has 1 saturated carbocycles. The van der Waals surface area contributed by atoms with Gasteiger partial charge >= 0.3 is 5.97 Å². The van der Waals surface area contributed by atoms with Gasteiger partial charge in [-0.15, -0.1) is 0 Å². The zero-order valence-corrected chi connectivity index (χ0v) is 9.53. The van der Waals surface area contributed by atoms with Gasteiger partial charge in [0, 0.05) is 0 Å². The van der Waals surface area contributed by atoms with Gasteiger partial charge in [-0.2, -0.15) is 0 Å². The van der Waals surface area contributed by atoms with E-state index in [-0.39, 0.29) is 18.1 Å². The maximum atomic E-state index is 11.4. The predicted octanol–water partition coefficient (Wildman–Crippen LogP) is 0.689. The first-order chi connectivity index (χ1) is 7.19. The normalized spacial score (nSPS) is 19.7. The molecule has 1 rings (SSSR count). The van der Waals surface area contributed by atoms with Crippen LogP contribution in [0, 0.1) is 5.92 Å². The largest absolute Gasteiger partial charge is 0.468 e. The minimum Gasteiger partial charge on any atom is -0.468 e. The first kappa shape index (κ1) is 12.5. The number of carbonyl (C=O) groups excluding carboxylic acids is 1. The number of methoxy groups -OCH3 is 1. The summed E-state index contributed by atoms with van der Waals surface area (Å²) in [6, 6.07) is -0.168. The van der Waals surface area contributed by atoms with Crippen molar-refractivity contribution < 1.29 is 14.6 Å². The summed E-state index contributed by atoms with van der Waals surface area (Å²) in [5, 5.41) is 12.5. The molecule has 0 aromatic carbocycles. The maximum absolute atomic E-state index is 11.4. The topological polar surface area (TPSA) is 58.6 Å². The Bertz CT molecular complexity index is 204. The van der Waals surface area contributed by atoms with Crippen LogP contribution in [0.5, 0.6) is 0 Å². The van der Waals surface area contributed by atoms with Crippen LogP contribution in [0.25, 0.3) is 0 Å². The Labute approximate surface area is 91.0 Å². The van der Waals surface area contributed by atoms with Crippen molar-refractivity contribution in [3.8, 4) is 0 Å². The smallest absolute Gasteiger partial charge is 0.323 e. The van der Waals surface area contributed by atoms with Crippen LogP contribution in [0.1, 0.15) is 32.6 Å². The van der Waals surface area contributed by atoms with E-state index in [1.807, 2.05) is 6.92 Å². The average Bonchev–Trinajstić information content (AvgIpc) is 3.06. The number of carbonyl (C=O) groups is 1. The van der Waals surface area contributed by atoms with E-state index in [9.17, 15) is 9.90 Å². The highest BCUT2D eigenvalue weighted by Crippen LogP contribution is 2.33. The second kappa shape index (κ2) is 6.08. The second-order valence-corrected chi connectivity index (χ2v) is 4.14. The highest BCUT2D eigenvalue weighted by molar-refractivity contribution is 5.76. The van der Waals surface area contributed by atoms with Gasteiger partial charge in [-0.3, -0.25) is 4.79 Å². The van der Waals surface area contributed by atoms with Gasteiger partial charge in [-0.05, 0) is 38.1 Å². The van der Waals surface area contributed by atoms with E-state index in [1.54, 1.807) is 0 Å². The summed E-state index contributed by atoms with van der Waals surface area (Å²) in [6.07, 6.45) is 3.38. The maximum Gasteiger partial charge on any atom is 0.323 e. The van der Waals surface area contributed by atoms with Crippen molar-refractivity contribution in [1.82, 2.24) is 5.32 Å². The van der Waals surface area contributed by atoms with Crippen LogP contribution in [0.15, 0.2) is 0 Å². The molecular weight excluding hydrogens is 194 g/mol. The van der Waals surface area contributed by atoms with E-state index in [1.165, 1.54) is 7.11 Å². The fourth-order valence-electron chi connectivity index (χ4n) is 1.61. The third-order valence-electron chi connectivity index (χ3n) is 2.86. The van der Waals surface area contributed by atoms with Gasteiger partial charge in [0.05, 0.1) is 13.2 Å². The summed E-state index contributed by atoms with van der Waals surface area (Å²) in [5.74, 6) is 0.264. The Morgan fingerprint density at radius 2 is 2.27 bits per heavy atom.